The number of hydrogen-bond acceptors (Lipinski definition) is 4. The second-order valence-corrected chi connectivity index (χ2v) is 5.90. The Morgan fingerprint density at radius 1 is 1.04 bits per heavy atom. The van der Waals surface area contributed by atoms with Crippen LogP contribution in [0.15, 0.2) is 30.3 Å². The molecule has 0 fully saturated rings. The number of ether oxygens (including phenoxy) is 2. The number of nitrogens with one attached hydrogen (secondary N) is 3. The number of fused-ring (bicyclic) bond motifs is 1. The van der Waals surface area contributed by atoms with Crippen LogP contribution in [0.4, 0.5) is 18.9 Å². The maximum atomic E-state index is 13.5. The number of halogens is 3. The van der Waals surface area contributed by atoms with Crippen LogP contribution in [0.2, 0.25) is 0 Å². The lowest BCUT2D eigenvalue weighted by Crippen LogP contribution is -2.39. The van der Waals surface area contributed by atoms with Gasteiger partial charge in [0.25, 0.3) is 0 Å². The van der Waals surface area contributed by atoms with Crippen LogP contribution in [0.5, 0.6) is 11.5 Å². The molecule has 0 saturated heterocycles. The number of hydrogen-bond donors (Lipinski definition) is 3. The van der Waals surface area contributed by atoms with Crippen molar-refractivity contribution in [3.8, 4) is 11.5 Å². The van der Waals surface area contributed by atoms with Gasteiger partial charge < -0.3 is 25.4 Å². The average molecular weight is 397 g/mol. The molecule has 3 N–H and O–H groups in total. The van der Waals surface area contributed by atoms with Gasteiger partial charge in [-0.15, -0.1) is 0 Å². The zero-order chi connectivity index (χ0) is 19.4. The van der Waals surface area contributed by atoms with Gasteiger partial charge in [-0.1, -0.05) is 6.07 Å². The van der Waals surface area contributed by atoms with Crippen molar-refractivity contribution in [2.45, 2.75) is 6.54 Å². The lowest BCUT2D eigenvalue weighted by Gasteiger charge is -2.11. The number of benzene rings is 2. The summed E-state index contributed by atoms with van der Waals surface area (Å²) in [5.41, 5.74) is 0.427. The number of rotatable bonds is 5. The van der Waals surface area contributed by atoms with E-state index in [1.54, 1.807) is 12.1 Å². The molecule has 27 heavy (non-hydrogen) atoms. The zero-order valence-corrected chi connectivity index (χ0v) is 14.6. The molecule has 0 atom stereocenters. The summed E-state index contributed by atoms with van der Waals surface area (Å²) in [6, 6.07) is 7.07. The summed E-state index contributed by atoms with van der Waals surface area (Å²) in [7, 11) is 0. The summed E-state index contributed by atoms with van der Waals surface area (Å²) >= 11 is 5.06. The largest absolute Gasteiger partial charge is 0.454 e. The van der Waals surface area contributed by atoms with Gasteiger partial charge in [-0.25, -0.2) is 13.2 Å². The summed E-state index contributed by atoms with van der Waals surface area (Å²) in [4.78, 5) is 11.8. The standard InChI is InChI=1S/C17H14F3N3O3S/c18-10-2-3-11(16(20)15(10)19)23-14(24)7-22-17(27)21-6-9-1-4-12-13(5-9)26-8-25-12/h1-5H,6-8H2,(H,23,24)(H2,21,22,27). The summed E-state index contributed by atoms with van der Waals surface area (Å²) in [6.07, 6.45) is 0. The first-order valence-corrected chi connectivity index (χ1v) is 8.18. The topological polar surface area (TPSA) is 71.6 Å². The molecule has 0 aliphatic carbocycles. The van der Waals surface area contributed by atoms with Crippen LogP contribution in [-0.4, -0.2) is 24.4 Å². The van der Waals surface area contributed by atoms with Gasteiger partial charge in [0.15, 0.2) is 34.1 Å². The van der Waals surface area contributed by atoms with E-state index in [1.165, 1.54) is 0 Å². The van der Waals surface area contributed by atoms with Crippen LogP contribution in [-0.2, 0) is 11.3 Å². The molecule has 6 nitrogen and oxygen atoms in total. The van der Waals surface area contributed by atoms with Gasteiger partial charge >= 0.3 is 0 Å². The van der Waals surface area contributed by atoms with E-state index in [0.717, 1.165) is 17.7 Å². The Hall–Kier alpha value is -3.01. The Morgan fingerprint density at radius 2 is 1.81 bits per heavy atom. The Morgan fingerprint density at radius 3 is 2.63 bits per heavy atom. The minimum Gasteiger partial charge on any atom is -0.454 e. The molecule has 0 radical (unpaired) electrons. The number of amides is 1. The molecule has 0 aromatic heterocycles. The number of carbonyl (C=O) groups is 1. The molecule has 0 unspecified atom stereocenters. The van der Waals surface area contributed by atoms with Gasteiger partial charge in [0.1, 0.15) is 0 Å². The summed E-state index contributed by atoms with van der Waals surface area (Å²) in [5, 5.41) is 7.85. The van der Waals surface area contributed by atoms with Gasteiger partial charge in [0.05, 0.1) is 12.2 Å². The van der Waals surface area contributed by atoms with Crippen molar-refractivity contribution in [1.29, 1.82) is 0 Å². The van der Waals surface area contributed by atoms with Crippen molar-refractivity contribution in [1.82, 2.24) is 10.6 Å². The molecule has 2 aromatic rings. The number of thiocarbonyl (C=S) groups is 1. The van der Waals surface area contributed by atoms with E-state index in [4.69, 9.17) is 21.7 Å². The molecule has 1 heterocycles. The minimum absolute atomic E-state index is 0.180. The molecular weight excluding hydrogens is 383 g/mol. The third kappa shape index (κ3) is 4.59. The third-order valence-electron chi connectivity index (χ3n) is 3.61. The molecule has 142 valence electrons. The first kappa shape index (κ1) is 18.8. The Bertz CT molecular complexity index is 895. The highest BCUT2D eigenvalue weighted by Crippen LogP contribution is 2.32. The minimum atomic E-state index is -1.65. The molecule has 1 aliphatic heterocycles. The monoisotopic (exact) mass is 397 g/mol. The quantitative estimate of drug-likeness (QED) is 0.532. The fourth-order valence-electron chi connectivity index (χ4n) is 2.27. The molecule has 10 heteroatoms. The second kappa shape index (κ2) is 8.12. The fraction of sp³-hybridized carbons (Fsp3) is 0.176. The third-order valence-corrected chi connectivity index (χ3v) is 3.90. The highest BCUT2D eigenvalue weighted by atomic mass is 32.1. The molecular formula is C17H14F3N3O3S. The normalized spacial score (nSPS) is 11.8. The summed E-state index contributed by atoms with van der Waals surface area (Å²) < 4.78 is 50.0. The van der Waals surface area contributed by atoms with Gasteiger partial charge in [-0.05, 0) is 42.0 Å². The molecule has 0 bridgehead atoms. The van der Waals surface area contributed by atoms with E-state index < -0.39 is 29.0 Å². The Kier molecular flexibility index (Phi) is 5.65. The Balaban J connectivity index is 1.45. The van der Waals surface area contributed by atoms with Crippen molar-refractivity contribution in [3.05, 3.63) is 53.3 Å². The smallest absolute Gasteiger partial charge is 0.243 e. The van der Waals surface area contributed by atoms with Gasteiger partial charge in [0.2, 0.25) is 12.7 Å². The van der Waals surface area contributed by atoms with Crippen LogP contribution in [0.3, 0.4) is 0 Å². The first-order chi connectivity index (χ1) is 12.9. The van der Waals surface area contributed by atoms with E-state index in [9.17, 15) is 18.0 Å². The SMILES string of the molecule is O=C(CNC(=S)NCc1ccc2c(c1)OCO2)Nc1ccc(F)c(F)c1F. The van der Waals surface area contributed by atoms with Crippen molar-refractivity contribution >= 4 is 28.9 Å². The predicted molar refractivity (Wildman–Crippen MR) is 95.0 cm³/mol. The first-order valence-electron chi connectivity index (χ1n) is 7.77. The average Bonchev–Trinajstić information content (AvgIpc) is 3.13. The van der Waals surface area contributed by atoms with Gasteiger partial charge in [-0.3, -0.25) is 4.79 Å². The van der Waals surface area contributed by atoms with E-state index in [1.807, 2.05) is 6.07 Å². The highest BCUT2D eigenvalue weighted by Gasteiger charge is 2.15. The fourth-order valence-corrected chi connectivity index (χ4v) is 2.42. The lowest BCUT2D eigenvalue weighted by atomic mass is 10.2. The van der Waals surface area contributed by atoms with Crippen LogP contribution in [0.25, 0.3) is 0 Å². The van der Waals surface area contributed by atoms with Crippen molar-refractivity contribution in [2.24, 2.45) is 0 Å². The molecule has 3 rings (SSSR count). The van der Waals surface area contributed by atoms with Gasteiger partial charge in [-0.2, -0.15) is 0 Å². The second-order valence-electron chi connectivity index (χ2n) is 5.49. The van der Waals surface area contributed by atoms with Crippen molar-refractivity contribution < 1.29 is 27.4 Å². The molecule has 0 saturated carbocycles. The summed E-state index contributed by atoms with van der Waals surface area (Å²) in [5.74, 6) is -3.82. The maximum Gasteiger partial charge on any atom is 0.243 e. The number of anilines is 1. The van der Waals surface area contributed by atoms with Crippen LogP contribution in [0.1, 0.15) is 5.56 Å². The Labute approximate surface area is 157 Å². The maximum absolute atomic E-state index is 13.5. The zero-order valence-electron chi connectivity index (χ0n) is 13.8. The molecule has 2 aromatic carbocycles. The van der Waals surface area contributed by atoms with Crippen LogP contribution in [0, 0.1) is 17.5 Å². The van der Waals surface area contributed by atoms with E-state index >= 15 is 0 Å². The molecule has 0 spiro atoms. The predicted octanol–water partition coefficient (Wildman–Crippen LogP) is 2.44. The van der Waals surface area contributed by atoms with Gasteiger partial charge in [0, 0.05) is 6.54 Å². The summed E-state index contributed by atoms with van der Waals surface area (Å²) in [6.45, 7) is 0.271. The molecule has 1 amide bonds. The van der Waals surface area contributed by atoms with E-state index in [2.05, 4.69) is 16.0 Å². The van der Waals surface area contributed by atoms with Crippen LogP contribution >= 0.6 is 12.2 Å². The lowest BCUT2D eigenvalue weighted by molar-refractivity contribution is -0.115. The van der Waals surface area contributed by atoms with Crippen molar-refractivity contribution in [3.63, 3.8) is 0 Å². The van der Waals surface area contributed by atoms with Crippen LogP contribution < -0.4 is 25.4 Å². The highest BCUT2D eigenvalue weighted by molar-refractivity contribution is 7.80. The molecule has 1 aliphatic rings. The van der Waals surface area contributed by atoms with Crippen molar-refractivity contribution in [2.75, 3.05) is 18.7 Å². The number of carbonyl (C=O) groups excluding carboxylic acids is 1. The van der Waals surface area contributed by atoms with E-state index in [-0.39, 0.29) is 18.5 Å². The van der Waals surface area contributed by atoms with E-state index in [0.29, 0.717) is 18.0 Å².